The van der Waals surface area contributed by atoms with Crippen molar-refractivity contribution >= 4 is 29.1 Å². The van der Waals surface area contributed by atoms with Crippen molar-refractivity contribution in [3.63, 3.8) is 0 Å². The second-order valence-electron chi connectivity index (χ2n) is 5.71. The van der Waals surface area contributed by atoms with E-state index in [2.05, 4.69) is 52.6 Å². The van der Waals surface area contributed by atoms with Gasteiger partial charge in [0.15, 0.2) is 0 Å². The summed E-state index contributed by atoms with van der Waals surface area (Å²) in [5.41, 5.74) is 4.41. The summed E-state index contributed by atoms with van der Waals surface area (Å²) in [6.45, 7) is 4.75. The number of rotatable bonds is 5. The van der Waals surface area contributed by atoms with Crippen molar-refractivity contribution in [1.82, 2.24) is 9.97 Å². The number of aryl methyl sites for hydroxylation is 2. The van der Waals surface area contributed by atoms with Crippen molar-refractivity contribution in [3.05, 3.63) is 76.4 Å². The lowest BCUT2D eigenvalue weighted by Crippen LogP contribution is -2.04. The number of hydrogen-bond acceptors (Lipinski definition) is 4. The van der Waals surface area contributed by atoms with Crippen molar-refractivity contribution in [2.75, 3.05) is 10.6 Å². The van der Waals surface area contributed by atoms with Crippen LogP contribution in [0.1, 0.15) is 16.7 Å². The van der Waals surface area contributed by atoms with Crippen molar-refractivity contribution < 1.29 is 0 Å². The molecule has 24 heavy (non-hydrogen) atoms. The van der Waals surface area contributed by atoms with Gasteiger partial charge in [-0.25, -0.2) is 4.98 Å². The number of nitrogens with zero attached hydrogens (tertiary/aromatic N) is 2. The Morgan fingerprint density at radius 1 is 1.00 bits per heavy atom. The summed E-state index contributed by atoms with van der Waals surface area (Å²) in [7, 11) is 0. The van der Waals surface area contributed by atoms with Crippen LogP contribution < -0.4 is 10.6 Å². The molecule has 0 atom stereocenters. The Morgan fingerprint density at radius 3 is 2.50 bits per heavy atom. The van der Waals surface area contributed by atoms with Crippen LogP contribution in [0.4, 0.5) is 17.5 Å². The molecule has 0 spiro atoms. The van der Waals surface area contributed by atoms with E-state index in [0.29, 0.717) is 12.5 Å². The van der Waals surface area contributed by atoms with Crippen LogP contribution in [0, 0.1) is 13.8 Å². The summed E-state index contributed by atoms with van der Waals surface area (Å²) in [6, 6.07) is 15.9. The molecule has 0 radical (unpaired) electrons. The van der Waals surface area contributed by atoms with Crippen LogP contribution in [0.25, 0.3) is 0 Å². The first-order valence-corrected chi connectivity index (χ1v) is 8.13. The van der Waals surface area contributed by atoms with E-state index in [-0.39, 0.29) is 0 Å². The fraction of sp³-hybridized carbons (Fsp3) is 0.158. The van der Waals surface area contributed by atoms with E-state index in [4.69, 9.17) is 11.6 Å². The van der Waals surface area contributed by atoms with Crippen molar-refractivity contribution in [2.24, 2.45) is 0 Å². The third-order valence-corrected chi connectivity index (χ3v) is 3.92. The van der Waals surface area contributed by atoms with Gasteiger partial charge in [-0.1, -0.05) is 35.9 Å². The SMILES string of the molecule is Cc1cc(C)cc(Nc2nccc(NCc3ccccc3Cl)n2)c1. The Labute approximate surface area is 146 Å². The van der Waals surface area contributed by atoms with Gasteiger partial charge in [-0.15, -0.1) is 0 Å². The first-order chi connectivity index (χ1) is 11.6. The molecule has 2 N–H and O–H groups in total. The van der Waals surface area contributed by atoms with Crippen LogP contribution in [0.2, 0.25) is 5.02 Å². The second kappa shape index (κ2) is 7.32. The molecule has 2 aromatic carbocycles. The highest BCUT2D eigenvalue weighted by Gasteiger charge is 2.03. The van der Waals surface area contributed by atoms with Crippen molar-refractivity contribution in [1.29, 1.82) is 0 Å². The molecule has 122 valence electrons. The molecule has 0 aliphatic heterocycles. The van der Waals surface area contributed by atoms with Crippen LogP contribution in [-0.2, 0) is 6.54 Å². The molecule has 3 aromatic rings. The maximum Gasteiger partial charge on any atom is 0.229 e. The summed E-state index contributed by atoms with van der Waals surface area (Å²) in [5, 5.41) is 7.27. The zero-order valence-corrected chi connectivity index (χ0v) is 14.4. The Hall–Kier alpha value is -2.59. The smallest absolute Gasteiger partial charge is 0.229 e. The average molecular weight is 339 g/mol. The molecular formula is C19H19ClN4. The molecule has 1 aromatic heterocycles. The van der Waals surface area contributed by atoms with Gasteiger partial charge in [0, 0.05) is 23.5 Å². The van der Waals surface area contributed by atoms with Gasteiger partial charge in [0.2, 0.25) is 5.95 Å². The van der Waals surface area contributed by atoms with Crippen LogP contribution in [0.15, 0.2) is 54.7 Å². The minimum absolute atomic E-state index is 0.559. The summed E-state index contributed by atoms with van der Waals surface area (Å²) >= 11 is 6.17. The molecule has 0 fully saturated rings. The zero-order chi connectivity index (χ0) is 16.9. The molecule has 0 saturated heterocycles. The Kier molecular flexibility index (Phi) is 4.96. The monoisotopic (exact) mass is 338 g/mol. The van der Waals surface area contributed by atoms with E-state index >= 15 is 0 Å². The summed E-state index contributed by atoms with van der Waals surface area (Å²) in [6.07, 6.45) is 1.73. The van der Waals surface area contributed by atoms with E-state index in [0.717, 1.165) is 22.1 Å². The number of anilines is 3. The molecule has 0 aliphatic rings. The lowest BCUT2D eigenvalue weighted by molar-refractivity contribution is 1.08. The highest BCUT2D eigenvalue weighted by molar-refractivity contribution is 6.31. The Morgan fingerprint density at radius 2 is 1.75 bits per heavy atom. The van der Waals surface area contributed by atoms with E-state index < -0.39 is 0 Å². The van der Waals surface area contributed by atoms with Gasteiger partial charge in [0.25, 0.3) is 0 Å². The molecule has 0 amide bonds. The van der Waals surface area contributed by atoms with Gasteiger partial charge in [0.1, 0.15) is 5.82 Å². The zero-order valence-electron chi connectivity index (χ0n) is 13.7. The molecule has 4 nitrogen and oxygen atoms in total. The average Bonchev–Trinajstić information content (AvgIpc) is 2.53. The van der Waals surface area contributed by atoms with E-state index in [1.165, 1.54) is 11.1 Å². The topological polar surface area (TPSA) is 49.8 Å². The quantitative estimate of drug-likeness (QED) is 0.679. The summed E-state index contributed by atoms with van der Waals surface area (Å²) in [4.78, 5) is 8.77. The van der Waals surface area contributed by atoms with E-state index in [1.807, 2.05) is 30.3 Å². The van der Waals surface area contributed by atoms with Crippen LogP contribution in [-0.4, -0.2) is 9.97 Å². The first kappa shape index (κ1) is 16.3. The number of benzene rings is 2. The maximum absolute atomic E-state index is 6.17. The summed E-state index contributed by atoms with van der Waals surface area (Å²) in [5.74, 6) is 1.31. The molecule has 0 bridgehead atoms. The second-order valence-corrected chi connectivity index (χ2v) is 6.12. The predicted octanol–water partition coefficient (Wildman–Crippen LogP) is 5.10. The van der Waals surface area contributed by atoms with E-state index in [9.17, 15) is 0 Å². The number of hydrogen-bond donors (Lipinski definition) is 2. The van der Waals surface area contributed by atoms with Crippen LogP contribution in [0.3, 0.4) is 0 Å². The highest BCUT2D eigenvalue weighted by atomic mass is 35.5. The van der Waals surface area contributed by atoms with E-state index in [1.54, 1.807) is 6.20 Å². The molecule has 3 rings (SSSR count). The van der Waals surface area contributed by atoms with Gasteiger partial charge in [0.05, 0.1) is 0 Å². The van der Waals surface area contributed by atoms with Gasteiger partial charge in [-0.3, -0.25) is 0 Å². The number of aromatic nitrogens is 2. The van der Waals surface area contributed by atoms with Crippen LogP contribution >= 0.6 is 11.6 Å². The first-order valence-electron chi connectivity index (χ1n) is 7.76. The molecule has 0 unspecified atom stereocenters. The lowest BCUT2D eigenvalue weighted by atomic mass is 10.1. The maximum atomic E-state index is 6.17. The predicted molar refractivity (Wildman–Crippen MR) is 100 cm³/mol. The number of nitrogens with one attached hydrogen (secondary N) is 2. The van der Waals surface area contributed by atoms with Gasteiger partial charge in [-0.2, -0.15) is 4.98 Å². The lowest BCUT2D eigenvalue weighted by Gasteiger charge is -2.10. The normalized spacial score (nSPS) is 10.5. The van der Waals surface area contributed by atoms with Crippen LogP contribution in [0.5, 0.6) is 0 Å². The molecule has 1 heterocycles. The van der Waals surface area contributed by atoms with Crippen molar-refractivity contribution in [3.8, 4) is 0 Å². The number of halogens is 1. The molecular weight excluding hydrogens is 320 g/mol. The summed E-state index contributed by atoms with van der Waals surface area (Å²) < 4.78 is 0. The van der Waals surface area contributed by atoms with Crippen molar-refractivity contribution in [2.45, 2.75) is 20.4 Å². The third kappa shape index (κ3) is 4.24. The van der Waals surface area contributed by atoms with Gasteiger partial charge < -0.3 is 10.6 Å². The minimum Gasteiger partial charge on any atom is -0.366 e. The standard InChI is InChI=1S/C19H19ClN4/c1-13-9-14(2)11-16(10-13)23-19-21-8-7-18(24-19)22-12-15-5-3-4-6-17(15)20/h3-11H,12H2,1-2H3,(H2,21,22,23,24). The Bertz CT molecular complexity index is 828. The molecule has 5 heteroatoms. The fourth-order valence-electron chi connectivity index (χ4n) is 2.52. The third-order valence-electron chi connectivity index (χ3n) is 3.55. The largest absolute Gasteiger partial charge is 0.366 e. The fourth-order valence-corrected chi connectivity index (χ4v) is 2.72. The minimum atomic E-state index is 0.559. The van der Waals surface area contributed by atoms with Gasteiger partial charge >= 0.3 is 0 Å². The van der Waals surface area contributed by atoms with Gasteiger partial charge in [-0.05, 0) is 54.8 Å². The molecule has 0 aliphatic carbocycles. The molecule has 0 saturated carbocycles. The Balaban J connectivity index is 1.71. The highest BCUT2D eigenvalue weighted by Crippen LogP contribution is 2.19.